The van der Waals surface area contributed by atoms with Crippen LogP contribution in [-0.2, 0) is 9.62 Å². The van der Waals surface area contributed by atoms with E-state index in [1.165, 1.54) is 0 Å². The van der Waals surface area contributed by atoms with E-state index in [0.717, 1.165) is 6.61 Å². The first-order valence-electron chi connectivity index (χ1n) is 3.41. The van der Waals surface area contributed by atoms with Crippen LogP contribution in [0, 0.1) is 0 Å². The minimum absolute atomic E-state index is 0.0382. The molecule has 1 fully saturated rings. The minimum atomic E-state index is -1.25. The van der Waals surface area contributed by atoms with Gasteiger partial charge in [0, 0.05) is 13.0 Å². The highest BCUT2D eigenvalue weighted by Gasteiger charge is 2.13. The fourth-order valence-electron chi connectivity index (χ4n) is 0.259. The summed E-state index contributed by atoms with van der Waals surface area (Å²) in [6.45, 7) is 2.85. The van der Waals surface area contributed by atoms with E-state index >= 15 is 0 Å². The van der Waals surface area contributed by atoms with Gasteiger partial charge in [-0.25, -0.2) is 10.1 Å². The summed E-state index contributed by atoms with van der Waals surface area (Å²) >= 11 is 0. The SMILES string of the molecule is CC1CO1.OCCC(O)OO. The molecule has 0 spiro atoms. The number of ether oxygens (including phenoxy) is 1. The van der Waals surface area contributed by atoms with E-state index in [1.807, 2.05) is 0 Å². The second-order valence-corrected chi connectivity index (χ2v) is 2.22. The molecule has 1 rings (SSSR count). The summed E-state index contributed by atoms with van der Waals surface area (Å²) in [6, 6.07) is 0. The Bertz CT molecular complexity index is 83.0. The second kappa shape index (κ2) is 6.51. The molecule has 0 radical (unpaired) electrons. The highest BCUT2D eigenvalue weighted by Crippen LogP contribution is 2.04. The van der Waals surface area contributed by atoms with E-state index in [9.17, 15) is 0 Å². The summed E-state index contributed by atoms with van der Waals surface area (Å²) in [5.41, 5.74) is 0. The molecule has 1 saturated heterocycles. The van der Waals surface area contributed by atoms with Crippen molar-refractivity contribution in [1.82, 2.24) is 0 Å². The smallest absolute Gasteiger partial charge is 0.190 e. The predicted octanol–water partition coefficient (Wildman–Crippen LogP) is -0.418. The van der Waals surface area contributed by atoms with Crippen molar-refractivity contribution in [2.45, 2.75) is 25.7 Å². The van der Waals surface area contributed by atoms with Gasteiger partial charge in [-0.3, -0.25) is 0 Å². The molecule has 0 aromatic heterocycles. The molecule has 0 aliphatic carbocycles. The molecular weight excluding hydrogens is 152 g/mol. The molecule has 0 aromatic rings. The molecule has 5 heteroatoms. The molecule has 0 bridgehead atoms. The third-order valence-electron chi connectivity index (χ3n) is 0.998. The fraction of sp³-hybridized carbons (Fsp3) is 1.00. The lowest BCUT2D eigenvalue weighted by molar-refractivity contribution is -0.336. The van der Waals surface area contributed by atoms with Crippen LogP contribution in [0.15, 0.2) is 0 Å². The van der Waals surface area contributed by atoms with Crippen LogP contribution in [0.5, 0.6) is 0 Å². The van der Waals surface area contributed by atoms with Crippen molar-refractivity contribution < 1.29 is 25.1 Å². The van der Waals surface area contributed by atoms with Gasteiger partial charge >= 0.3 is 0 Å². The molecule has 3 N–H and O–H groups in total. The minimum Gasteiger partial charge on any atom is -0.396 e. The van der Waals surface area contributed by atoms with Gasteiger partial charge in [0.05, 0.1) is 12.7 Å². The maximum absolute atomic E-state index is 8.23. The first-order chi connectivity index (χ1) is 5.20. The van der Waals surface area contributed by atoms with Gasteiger partial charge in [-0.05, 0) is 6.92 Å². The number of aliphatic hydroxyl groups is 2. The van der Waals surface area contributed by atoms with Crippen molar-refractivity contribution in [3.63, 3.8) is 0 Å². The zero-order valence-electron chi connectivity index (χ0n) is 6.43. The van der Waals surface area contributed by atoms with Gasteiger partial charge in [0.1, 0.15) is 0 Å². The first kappa shape index (κ1) is 10.8. The number of rotatable bonds is 3. The highest BCUT2D eigenvalue weighted by atomic mass is 17.1. The molecule has 2 unspecified atom stereocenters. The summed E-state index contributed by atoms with van der Waals surface area (Å²) in [5, 5.41) is 23.8. The number of hydrogen-bond acceptors (Lipinski definition) is 5. The van der Waals surface area contributed by atoms with Crippen molar-refractivity contribution in [2.75, 3.05) is 13.2 Å². The Morgan fingerprint density at radius 2 is 2.18 bits per heavy atom. The number of aliphatic hydroxyl groups excluding tert-OH is 2. The van der Waals surface area contributed by atoms with E-state index in [2.05, 4.69) is 11.8 Å². The molecule has 1 aliphatic heterocycles. The molecule has 0 aromatic carbocycles. The van der Waals surface area contributed by atoms with Crippen LogP contribution in [0.4, 0.5) is 0 Å². The third-order valence-corrected chi connectivity index (χ3v) is 0.998. The van der Waals surface area contributed by atoms with Crippen LogP contribution in [0.2, 0.25) is 0 Å². The Morgan fingerprint density at radius 3 is 2.27 bits per heavy atom. The molecule has 1 heterocycles. The maximum atomic E-state index is 8.23. The summed E-state index contributed by atoms with van der Waals surface area (Å²) in [4.78, 5) is 3.39. The van der Waals surface area contributed by atoms with Crippen molar-refractivity contribution in [1.29, 1.82) is 0 Å². The molecule has 0 amide bonds. The van der Waals surface area contributed by atoms with E-state index in [0.29, 0.717) is 6.10 Å². The lowest BCUT2D eigenvalue weighted by Gasteiger charge is -2.00. The van der Waals surface area contributed by atoms with Gasteiger partial charge in [0.2, 0.25) is 0 Å². The fourth-order valence-corrected chi connectivity index (χ4v) is 0.259. The van der Waals surface area contributed by atoms with Crippen molar-refractivity contribution in [3.8, 4) is 0 Å². The van der Waals surface area contributed by atoms with Crippen LogP contribution in [0.3, 0.4) is 0 Å². The number of epoxide rings is 1. The Hall–Kier alpha value is -0.200. The largest absolute Gasteiger partial charge is 0.396 e. The van der Waals surface area contributed by atoms with E-state index in [4.69, 9.17) is 20.2 Å². The van der Waals surface area contributed by atoms with Crippen LogP contribution in [-0.4, -0.2) is 41.1 Å². The molecule has 11 heavy (non-hydrogen) atoms. The maximum Gasteiger partial charge on any atom is 0.190 e. The second-order valence-electron chi connectivity index (χ2n) is 2.22. The lowest BCUT2D eigenvalue weighted by atomic mass is 10.5. The summed E-state index contributed by atoms with van der Waals surface area (Å²) in [5.74, 6) is 0. The normalized spacial score (nSPS) is 23.5. The van der Waals surface area contributed by atoms with Gasteiger partial charge < -0.3 is 14.9 Å². The third kappa shape index (κ3) is 9.80. The van der Waals surface area contributed by atoms with Crippen LogP contribution >= 0.6 is 0 Å². The molecule has 1 aliphatic rings. The zero-order valence-corrected chi connectivity index (χ0v) is 6.43. The molecule has 5 nitrogen and oxygen atoms in total. The standard InChI is InChI=1S/C3H8O4.C3H6O/c4-2-1-3(5)7-6;1-3-2-4-3/h3-6H,1-2H2;3H,2H2,1H3. The highest BCUT2D eigenvalue weighted by molar-refractivity contribution is 4.58. The quantitative estimate of drug-likeness (QED) is 0.229. The van der Waals surface area contributed by atoms with Gasteiger partial charge in [-0.15, -0.1) is 0 Å². The monoisotopic (exact) mass is 166 g/mol. The topological polar surface area (TPSA) is 82.5 Å². The van der Waals surface area contributed by atoms with E-state index < -0.39 is 6.29 Å². The van der Waals surface area contributed by atoms with Crippen LogP contribution in [0.25, 0.3) is 0 Å². The van der Waals surface area contributed by atoms with E-state index in [1.54, 1.807) is 0 Å². The average molecular weight is 166 g/mol. The first-order valence-corrected chi connectivity index (χ1v) is 3.41. The average Bonchev–Trinajstić information content (AvgIpc) is 2.74. The Balaban J connectivity index is 0.000000207. The van der Waals surface area contributed by atoms with Crippen molar-refractivity contribution in [3.05, 3.63) is 0 Å². The van der Waals surface area contributed by atoms with Gasteiger partial charge in [-0.1, -0.05) is 0 Å². The Morgan fingerprint density at radius 1 is 1.73 bits per heavy atom. The Kier molecular flexibility index (Phi) is 6.39. The molecule has 2 atom stereocenters. The number of hydrogen-bond donors (Lipinski definition) is 3. The van der Waals surface area contributed by atoms with Crippen molar-refractivity contribution in [2.24, 2.45) is 0 Å². The predicted molar refractivity (Wildman–Crippen MR) is 36.8 cm³/mol. The van der Waals surface area contributed by atoms with Gasteiger partial charge in [0.15, 0.2) is 6.29 Å². The summed E-state index contributed by atoms with van der Waals surface area (Å²) < 4.78 is 4.71. The molecular formula is C6H14O5. The van der Waals surface area contributed by atoms with Crippen LogP contribution in [0.1, 0.15) is 13.3 Å². The zero-order chi connectivity index (χ0) is 8.69. The summed E-state index contributed by atoms with van der Waals surface area (Å²) in [7, 11) is 0. The lowest BCUT2D eigenvalue weighted by Crippen LogP contribution is -2.10. The Labute approximate surface area is 65.1 Å². The summed E-state index contributed by atoms with van der Waals surface area (Å²) in [6.07, 6.45) is -0.624. The molecule has 0 saturated carbocycles. The van der Waals surface area contributed by atoms with Gasteiger partial charge in [-0.2, -0.15) is 0 Å². The van der Waals surface area contributed by atoms with Gasteiger partial charge in [0.25, 0.3) is 0 Å². The van der Waals surface area contributed by atoms with Crippen molar-refractivity contribution >= 4 is 0 Å². The molecule has 68 valence electrons. The van der Waals surface area contributed by atoms with Crippen LogP contribution < -0.4 is 0 Å². The van der Waals surface area contributed by atoms with E-state index in [-0.39, 0.29) is 13.0 Å².